The smallest absolute Gasteiger partial charge is 0.337 e. The Labute approximate surface area is 76.4 Å². The van der Waals surface area contributed by atoms with Crippen LogP contribution in [-0.4, -0.2) is 16.2 Å². The van der Waals surface area contributed by atoms with Crippen LogP contribution in [0.5, 0.6) is 0 Å². The second kappa shape index (κ2) is 3.67. The molecule has 0 aliphatic rings. The van der Waals surface area contributed by atoms with Crippen LogP contribution in [0, 0.1) is 17.5 Å². The van der Waals surface area contributed by atoms with E-state index in [0.717, 1.165) is 0 Å². The van der Waals surface area contributed by atoms with Crippen LogP contribution in [0.3, 0.4) is 0 Å². The molecule has 0 aliphatic heterocycles. The summed E-state index contributed by atoms with van der Waals surface area (Å²) < 4.78 is 38.0. The Morgan fingerprint density at radius 3 is 2.00 bits per heavy atom. The van der Waals surface area contributed by atoms with Gasteiger partial charge in [-0.25, -0.2) is 18.0 Å². The minimum Gasteiger partial charge on any atom is -0.479 e. The molecule has 0 saturated heterocycles. The summed E-state index contributed by atoms with van der Waals surface area (Å²) in [5.74, 6) is -5.86. The van der Waals surface area contributed by atoms with Crippen molar-refractivity contribution in [2.75, 3.05) is 0 Å². The third-order valence-electron chi connectivity index (χ3n) is 1.55. The minimum atomic E-state index is -2.34. The Hall–Kier alpha value is -1.56. The molecule has 1 rings (SSSR count). The molecule has 3 nitrogen and oxygen atoms in total. The van der Waals surface area contributed by atoms with Gasteiger partial charge in [-0.2, -0.15) is 0 Å². The van der Waals surface area contributed by atoms with Crippen molar-refractivity contribution in [3.63, 3.8) is 0 Å². The van der Waals surface area contributed by atoms with Gasteiger partial charge in [0.1, 0.15) is 17.5 Å². The maximum absolute atomic E-state index is 12.8. The molecular formula is C8H5F3O3. The summed E-state index contributed by atoms with van der Waals surface area (Å²) in [4.78, 5) is 10.2. The van der Waals surface area contributed by atoms with Gasteiger partial charge in [-0.15, -0.1) is 0 Å². The summed E-state index contributed by atoms with van der Waals surface area (Å²) in [7, 11) is 0. The van der Waals surface area contributed by atoms with E-state index in [9.17, 15) is 18.0 Å². The highest BCUT2D eigenvalue weighted by atomic mass is 19.1. The number of carbonyl (C=O) groups is 1. The maximum Gasteiger partial charge on any atom is 0.337 e. The number of aliphatic carboxylic acids is 1. The molecule has 0 radical (unpaired) electrons. The Morgan fingerprint density at radius 1 is 1.21 bits per heavy atom. The fraction of sp³-hybridized carbons (Fsp3) is 0.125. The van der Waals surface area contributed by atoms with Gasteiger partial charge in [0.25, 0.3) is 0 Å². The van der Waals surface area contributed by atoms with Crippen molar-refractivity contribution in [3.05, 3.63) is 35.1 Å². The lowest BCUT2D eigenvalue weighted by Crippen LogP contribution is -2.14. The van der Waals surface area contributed by atoms with E-state index in [-0.39, 0.29) is 0 Å². The van der Waals surface area contributed by atoms with Crippen LogP contribution in [-0.2, 0) is 4.79 Å². The van der Waals surface area contributed by atoms with E-state index in [4.69, 9.17) is 10.2 Å². The molecule has 0 unspecified atom stereocenters. The predicted molar refractivity (Wildman–Crippen MR) is 38.9 cm³/mol. The van der Waals surface area contributed by atoms with Crippen LogP contribution in [0.4, 0.5) is 13.2 Å². The average molecular weight is 206 g/mol. The van der Waals surface area contributed by atoms with Gasteiger partial charge in [0.05, 0.1) is 5.56 Å². The zero-order valence-corrected chi connectivity index (χ0v) is 6.67. The summed E-state index contributed by atoms with van der Waals surface area (Å²) in [6.45, 7) is 0. The molecule has 0 fully saturated rings. The first-order valence-electron chi connectivity index (χ1n) is 3.48. The van der Waals surface area contributed by atoms with Crippen molar-refractivity contribution in [1.29, 1.82) is 0 Å². The van der Waals surface area contributed by atoms with Crippen LogP contribution >= 0.6 is 0 Å². The Bertz CT molecular complexity index is 355. The first-order chi connectivity index (χ1) is 6.43. The van der Waals surface area contributed by atoms with Crippen LogP contribution in [0.25, 0.3) is 0 Å². The van der Waals surface area contributed by atoms with E-state index in [1.807, 2.05) is 0 Å². The Kier molecular flexibility index (Phi) is 2.76. The van der Waals surface area contributed by atoms with Crippen molar-refractivity contribution >= 4 is 5.97 Å². The topological polar surface area (TPSA) is 57.5 Å². The van der Waals surface area contributed by atoms with Crippen molar-refractivity contribution in [2.24, 2.45) is 0 Å². The molecule has 0 spiro atoms. The molecule has 1 aromatic rings. The average Bonchev–Trinajstić information content (AvgIpc) is 2.01. The zero-order chi connectivity index (χ0) is 10.9. The van der Waals surface area contributed by atoms with Gasteiger partial charge in [0, 0.05) is 12.1 Å². The molecular weight excluding hydrogens is 201 g/mol. The second-order valence-corrected chi connectivity index (χ2v) is 2.52. The molecule has 0 bridgehead atoms. The van der Waals surface area contributed by atoms with E-state index < -0.39 is 35.1 Å². The number of rotatable bonds is 2. The van der Waals surface area contributed by atoms with Crippen molar-refractivity contribution in [1.82, 2.24) is 0 Å². The van der Waals surface area contributed by atoms with Crippen LogP contribution < -0.4 is 0 Å². The first-order valence-corrected chi connectivity index (χ1v) is 3.48. The SMILES string of the molecule is O=C(O)[C@H](O)c1c(F)cc(F)cc1F. The largest absolute Gasteiger partial charge is 0.479 e. The van der Waals surface area contributed by atoms with Gasteiger partial charge in [-0.3, -0.25) is 0 Å². The van der Waals surface area contributed by atoms with Crippen LogP contribution in [0.2, 0.25) is 0 Å². The number of carboxylic acids is 1. The van der Waals surface area contributed by atoms with Crippen LogP contribution in [0.15, 0.2) is 12.1 Å². The molecule has 14 heavy (non-hydrogen) atoms. The van der Waals surface area contributed by atoms with Gasteiger partial charge >= 0.3 is 5.97 Å². The first kappa shape index (κ1) is 10.5. The lowest BCUT2D eigenvalue weighted by Gasteiger charge is -2.08. The summed E-state index contributed by atoms with van der Waals surface area (Å²) in [5.41, 5.74) is -1.07. The number of halogens is 3. The van der Waals surface area contributed by atoms with Gasteiger partial charge in [0.2, 0.25) is 0 Å². The number of hydrogen-bond acceptors (Lipinski definition) is 2. The molecule has 2 N–H and O–H groups in total. The highest BCUT2D eigenvalue weighted by Crippen LogP contribution is 2.21. The molecule has 0 saturated carbocycles. The molecule has 0 aromatic heterocycles. The monoisotopic (exact) mass is 206 g/mol. The van der Waals surface area contributed by atoms with E-state index in [1.165, 1.54) is 0 Å². The summed E-state index contributed by atoms with van der Waals surface area (Å²) in [6, 6.07) is 0.592. The summed E-state index contributed by atoms with van der Waals surface area (Å²) in [6.07, 6.45) is -2.34. The molecule has 76 valence electrons. The Morgan fingerprint density at radius 2 is 1.64 bits per heavy atom. The number of aliphatic hydroxyl groups excluding tert-OH is 1. The van der Waals surface area contributed by atoms with E-state index in [1.54, 1.807) is 0 Å². The van der Waals surface area contributed by atoms with Crippen molar-refractivity contribution < 1.29 is 28.2 Å². The van der Waals surface area contributed by atoms with E-state index in [0.29, 0.717) is 12.1 Å². The van der Waals surface area contributed by atoms with E-state index in [2.05, 4.69) is 0 Å². The molecule has 1 aromatic carbocycles. The van der Waals surface area contributed by atoms with E-state index >= 15 is 0 Å². The molecule has 1 atom stereocenters. The lowest BCUT2D eigenvalue weighted by molar-refractivity contribution is -0.147. The number of aliphatic hydroxyl groups is 1. The predicted octanol–water partition coefficient (Wildman–Crippen LogP) is 1.22. The molecule has 0 heterocycles. The van der Waals surface area contributed by atoms with Gasteiger partial charge in [0.15, 0.2) is 6.10 Å². The maximum atomic E-state index is 12.8. The number of hydrogen-bond donors (Lipinski definition) is 2. The zero-order valence-electron chi connectivity index (χ0n) is 6.67. The lowest BCUT2D eigenvalue weighted by atomic mass is 10.1. The molecule has 6 heteroatoms. The normalized spacial score (nSPS) is 12.6. The fourth-order valence-electron chi connectivity index (χ4n) is 0.938. The standard InChI is InChI=1S/C8H5F3O3/c9-3-1-4(10)6(5(11)2-3)7(12)8(13)14/h1-2,7,12H,(H,13,14)/t7-/m1/s1. The fourth-order valence-corrected chi connectivity index (χ4v) is 0.938. The van der Waals surface area contributed by atoms with Gasteiger partial charge in [-0.05, 0) is 0 Å². The Balaban J connectivity index is 3.27. The van der Waals surface area contributed by atoms with Gasteiger partial charge < -0.3 is 10.2 Å². The third kappa shape index (κ3) is 1.85. The quantitative estimate of drug-likeness (QED) is 0.764. The number of carboxylic acid groups (broad SMARTS) is 1. The van der Waals surface area contributed by atoms with Crippen molar-refractivity contribution in [2.45, 2.75) is 6.10 Å². The second-order valence-electron chi connectivity index (χ2n) is 2.52. The van der Waals surface area contributed by atoms with Crippen LogP contribution in [0.1, 0.15) is 11.7 Å². The highest BCUT2D eigenvalue weighted by Gasteiger charge is 2.24. The third-order valence-corrected chi connectivity index (χ3v) is 1.55. The molecule has 0 aliphatic carbocycles. The minimum absolute atomic E-state index is 0.296. The molecule has 0 amide bonds. The summed E-state index contributed by atoms with van der Waals surface area (Å²) >= 11 is 0. The summed E-state index contributed by atoms with van der Waals surface area (Å²) in [5, 5.41) is 17.1. The van der Waals surface area contributed by atoms with Crippen molar-refractivity contribution in [3.8, 4) is 0 Å². The highest BCUT2D eigenvalue weighted by molar-refractivity contribution is 5.74. The number of benzene rings is 1. The van der Waals surface area contributed by atoms with Gasteiger partial charge in [-0.1, -0.05) is 0 Å².